The minimum atomic E-state index is -0.199. The SMILES string of the molecule is CC(C)(C)Oc1ccc(CNC(=O)CN)cc1. The molecule has 1 rings (SSSR count). The van der Waals surface area contributed by atoms with E-state index in [1.807, 2.05) is 45.0 Å². The first-order valence-corrected chi connectivity index (χ1v) is 5.65. The molecule has 0 radical (unpaired) electrons. The van der Waals surface area contributed by atoms with Gasteiger partial charge >= 0.3 is 0 Å². The van der Waals surface area contributed by atoms with Crippen LogP contribution in [0.15, 0.2) is 24.3 Å². The molecule has 3 N–H and O–H groups in total. The Balaban J connectivity index is 2.53. The van der Waals surface area contributed by atoms with Crippen LogP contribution in [0.4, 0.5) is 0 Å². The van der Waals surface area contributed by atoms with Gasteiger partial charge in [-0.15, -0.1) is 0 Å². The number of carbonyl (C=O) groups excluding carboxylic acids is 1. The third-order valence-electron chi connectivity index (χ3n) is 2.02. The zero-order valence-electron chi connectivity index (χ0n) is 10.6. The molecule has 0 aromatic heterocycles. The van der Waals surface area contributed by atoms with Gasteiger partial charge in [-0.1, -0.05) is 12.1 Å². The smallest absolute Gasteiger partial charge is 0.234 e. The number of rotatable bonds is 4. The number of amides is 1. The Labute approximate surface area is 102 Å². The van der Waals surface area contributed by atoms with Gasteiger partial charge in [0.1, 0.15) is 11.4 Å². The maximum atomic E-state index is 11.0. The Morgan fingerprint density at radius 2 is 1.88 bits per heavy atom. The number of benzene rings is 1. The Morgan fingerprint density at radius 3 is 2.35 bits per heavy atom. The van der Waals surface area contributed by atoms with Gasteiger partial charge in [-0.2, -0.15) is 0 Å². The summed E-state index contributed by atoms with van der Waals surface area (Å²) in [6.45, 7) is 6.52. The highest BCUT2D eigenvalue weighted by Crippen LogP contribution is 2.18. The summed E-state index contributed by atoms with van der Waals surface area (Å²) in [5, 5.41) is 2.71. The predicted molar refractivity (Wildman–Crippen MR) is 67.7 cm³/mol. The average Bonchev–Trinajstić information content (AvgIpc) is 2.25. The van der Waals surface area contributed by atoms with E-state index in [9.17, 15) is 4.79 Å². The molecule has 0 unspecified atom stereocenters. The summed E-state index contributed by atoms with van der Waals surface area (Å²) in [7, 11) is 0. The van der Waals surface area contributed by atoms with Crippen LogP contribution >= 0.6 is 0 Å². The van der Waals surface area contributed by atoms with Gasteiger partial charge in [0.2, 0.25) is 5.91 Å². The van der Waals surface area contributed by atoms with E-state index < -0.39 is 0 Å². The second-order valence-electron chi connectivity index (χ2n) is 4.84. The molecular weight excluding hydrogens is 216 g/mol. The summed E-state index contributed by atoms with van der Waals surface area (Å²) in [6, 6.07) is 7.65. The Hall–Kier alpha value is -1.55. The van der Waals surface area contributed by atoms with E-state index in [4.69, 9.17) is 10.5 Å². The van der Waals surface area contributed by atoms with Crippen LogP contribution in [0.1, 0.15) is 26.3 Å². The highest BCUT2D eigenvalue weighted by atomic mass is 16.5. The van der Waals surface area contributed by atoms with Crippen molar-refractivity contribution in [1.29, 1.82) is 0 Å². The molecular formula is C13H20N2O2. The monoisotopic (exact) mass is 236 g/mol. The van der Waals surface area contributed by atoms with Crippen LogP contribution in [-0.4, -0.2) is 18.1 Å². The molecule has 1 amide bonds. The lowest BCUT2D eigenvalue weighted by Gasteiger charge is -2.21. The third-order valence-corrected chi connectivity index (χ3v) is 2.02. The quantitative estimate of drug-likeness (QED) is 0.831. The summed E-state index contributed by atoms with van der Waals surface area (Å²) in [6.07, 6.45) is 0. The van der Waals surface area contributed by atoms with Crippen molar-refractivity contribution in [2.75, 3.05) is 6.54 Å². The zero-order valence-corrected chi connectivity index (χ0v) is 10.6. The lowest BCUT2D eigenvalue weighted by molar-refractivity contribution is -0.119. The van der Waals surface area contributed by atoms with E-state index in [1.54, 1.807) is 0 Å². The van der Waals surface area contributed by atoms with Crippen LogP contribution in [-0.2, 0) is 11.3 Å². The number of ether oxygens (including phenoxy) is 1. The third kappa shape index (κ3) is 5.36. The van der Waals surface area contributed by atoms with E-state index in [0.29, 0.717) is 6.54 Å². The fourth-order valence-corrected chi connectivity index (χ4v) is 1.30. The number of hydrogen-bond donors (Lipinski definition) is 2. The first-order valence-electron chi connectivity index (χ1n) is 5.65. The van der Waals surface area contributed by atoms with E-state index in [1.165, 1.54) is 0 Å². The van der Waals surface area contributed by atoms with Crippen molar-refractivity contribution in [2.45, 2.75) is 32.9 Å². The van der Waals surface area contributed by atoms with Crippen molar-refractivity contribution in [3.63, 3.8) is 0 Å². The Kier molecular flexibility index (Phi) is 4.52. The first kappa shape index (κ1) is 13.5. The van der Waals surface area contributed by atoms with Crippen LogP contribution in [0, 0.1) is 0 Å². The maximum Gasteiger partial charge on any atom is 0.234 e. The molecule has 94 valence electrons. The van der Waals surface area contributed by atoms with Crippen LogP contribution in [0.2, 0.25) is 0 Å². The number of carbonyl (C=O) groups is 1. The van der Waals surface area contributed by atoms with E-state index in [2.05, 4.69) is 5.32 Å². The lowest BCUT2D eigenvalue weighted by Crippen LogP contribution is -2.29. The first-order chi connectivity index (χ1) is 7.90. The van der Waals surface area contributed by atoms with Crippen molar-refractivity contribution in [3.8, 4) is 5.75 Å². The number of nitrogens with two attached hydrogens (primary N) is 1. The Morgan fingerprint density at radius 1 is 1.29 bits per heavy atom. The molecule has 0 aliphatic carbocycles. The van der Waals surface area contributed by atoms with Gasteiger partial charge in [0, 0.05) is 6.54 Å². The van der Waals surface area contributed by atoms with Crippen LogP contribution in [0.25, 0.3) is 0 Å². The molecule has 0 aliphatic heterocycles. The summed E-state index contributed by atoms with van der Waals surface area (Å²) >= 11 is 0. The molecule has 0 atom stereocenters. The summed E-state index contributed by atoms with van der Waals surface area (Å²) < 4.78 is 5.70. The van der Waals surface area contributed by atoms with E-state index >= 15 is 0 Å². The molecule has 0 saturated heterocycles. The standard InChI is InChI=1S/C13H20N2O2/c1-13(2,3)17-11-6-4-10(5-7-11)9-15-12(16)8-14/h4-7H,8-9,14H2,1-3H3,(H,15,16). The summed E-state index contributed by atoms with van der Waals surface area (Å²) in [5.41, 5.74) is 6.02. The summed E-state index contributed by atoms with van der Waals surface area (Å²) in [4.78, 5) is 11.0. The average molecular weight is 236 g/mol. The number of nitrogens with one attached hydrogen (secondary N) is 1. The van der Waals surface area contributed by atoms with Gasteiger partial charge in [-0.05, 0) is 38.5 Å². The van der Waals surface area contributed by atoms with Gasteiger partial charge in [-0.3, -0.25) is 4.79 Å². The molecule has 0 saturated carbocycles. The molecule has 0 fully saturated rings. The molecule has 0 bridgehead atoms. The minimum Gasteiger partial charge on any atom is -0.488 e. The van der Waals surface area contributed by atoms with Crippen molar-refractivity contribution < 1.29 is 9.53 Å². The molecule has 0 spiro atoms. The van der Waals surface area contributed by atoms with Crippen molar-refractivity contribution in [2.24, 2.45) is 5.73 Å². The molecule has 4 heteroatoms. The highest BCUT2D eigenvalue weighted by molar-refractivity contribution is 5.77. The summed E-state index contributed by atoms with van der Waals surface area (Å²) in [5.74, 6) is 0.673. The van der Waals surface area contributed by atoms with Crippen LogP contribution in [0.3, 0.4) is 0 Å². The van der Waals surface area contributed by atoms with Crippen LogP contribution < -0.4 is 15.8 Å². The normalized spacial score (nSPS) is 11.1. The van der Waals surface area contributed by atoms with Gasteiger partial charge < -0.3 is 15.8 Å². The van der Waals surface area contributed by atoms with Gasteiger partial charge in [-0.25, -0.2) is 0 Å². The zero-order chi connectivity index (χ0) is 12.9. The molecule has 17 heavy (non-hydrogen) atoms. The van der Waals surface area contributed by atoms with Crippen molar-refractivity contribution >= 4 is 5.91 Å². The molecule has 0 aliphatic rings. The molecule has 1 aromatic carbocycles. The lowest BCUT2D eigenvalue weighted by atomic mass is 10.1. The van der Waals surface area contributed by atoms with Crippen molar-refractivity contribution in [1.82, 2.24) is 5.32 Å². The fraction of sp³-hybridized carbons (Fsp3) is 0.462. The molecule has 0 heterocycles. The Bertz CT molecular complexity index is 366. The van der Waals surface area contributed by atoms with Crippen molar-refractivity contribution in [3.05, 3.63) is 29.8 Å². The topological polar surface area (TPSA) is 64.3 Å². The van der Waals surface area contributed by atoms with Gasteiger partial charge in [0.25, 0.3) is 0 Å². The largest absolute Gasteiger partial charge is 0.488 e. The van der Waals surface area contributed by atoms with E-state index in [-0.39, 0.29) is 18.1 Å². The molecule has 1 aromatic rings. The minimum absolute atomic E-state index is 0.0191. The van der Waals surface area contributed by atoms with Crippen LogP contribution in [0.5, 0.6) is 5.75 Å². The molecule has 4 nitrogen and oxygen atoms in total. The maximum absolute atomic E-state index is 11.0. The second kappa shape index (κ2) is 5.68. The number of hydrogen-bond acceptors (Lipinski definition) is 3. The highest BCUT2D eigenvalue weighted by Gasteiger charge is 2.11. The second-order valence-corrected chi connectivity index (χ2v) is 4.84. The van der Waals surface area contributed by atoms with Gasteiger partial charge in [0.05, 0.1) is 6.54 Å². The fourth-order valence-electron chi connectivity index (χ4n) is 1.30. The van der Waals surface area contributed by atoms with E-state index in [0.717, 1.165) is 11.3 Å². The predicted octanol–water partition coefficient (Wildman–Crippen LogP) is 1.44. The van der Waals surface area contributed by atoms with Gasteiger partial charge in [0.15, 0.2) is 0 Å².